The lowest BCUT2D eigenvalue weighted by Gasteiger charge is -2.02. The van der Waals surface area contributed by atoms with E-state index in [1.807, 2.05) is 18.3 Å². The molecule has 6 heteroatoms. The Kier molecular flexibility index (Phi) is 2.86. The number of benzene rings is 1. The summed E-state index contributed by atoms with van der Waals surface area (Å²) in [5.74, 6) is 0.663. The zero-order chi connectivity index (χ0) is 14.9. The molecule has 1 aromatic carbocycles. The fraction of sp³-hybridized carbons (Fsp3) is 0.0625. The Hall–Kier alpha value is -3.15. The Balaban J connectivity index is 1.65. The van der Waals surface area contributed by atoms with E-state index in [9.17, 15) is 0 Å². The van der Waals surface area contributed by atoms with Crippen molar-refractivity contribution in [3.8, 4) is 5.82 Å². The summed E-state index contributed by atoms with van der Waals surface area (Å²) in [6, 6.07) is 13.9. The van der Waals surface area contributed by atoms with Crippen LogP contribution in [-0.2, 0) is 6.54 Å². The summed E-state index contributed by atoms with van der Waals surface area (Å²) in [5, 5.41) is 9.55. The molecule has 4 rings (SSSR count). The second kappa shape index (κ2) is 5.00. The second-order valence-corrected chi connectivity index (χ2v) is 5.10. The molecule has 2 N–H and O–H groups in total. The minimum Gasteiger partial charge on any atom is -0.399 e. The first kappa shape index (κ1) is 12.6. The number of nitrogen functional groups attached to an aromatic ring is 1. The van der Waals surface area contributed by atoms with E-state index < -0.39 is 0 Å². The van der Waals surface area contributed by atoms with Crippen LogP contribution in [0.5, 0.6) is 0 Å². The standard InChI is InChI=1S/C16H14N6/c17-13-5-7-18-16(9-13)22-11-14(19-20-22)10-21-8-6-12-3-1-2-4-15(12)21/h1-9,11H,10H2,(H2,17,18). The number of pyridine rings is 1. The lowest BCUT2D eigenvalue weighted by Crippen LogP contribution is -1.99. The number of anilines is 1. The Morgan fingerprint density at radius 3 is 2.91 bits per heavy atom. The monoisotopic (exact) mass is 290 g/mol. The molecule has 0 bridgehead atoms. The maximum Gasteiger partial charge on any atom is 0.157 e. The van der Waals surface area contributed by atoms with Crippen LogP contribution in [0, 0.1) is 0 Å². The molecule has 0 saturated heterocycles. The molecule has 0 aliphatic rings. The van der Waals surface area contributed by atoms with Gasteiger partial charge in [0.2, 0.25) is 0 Å². The first-order valence-corrected chi connectivity index (χ1v) is 6.96. The highest BCUT2D eigenvalue weighted by molar-refractivity contribution is 5.79. The van der Waals surface area contributed by atoms with Gasteiger partial charge in [0, 0.05) is 29.7 Å². The number of fused-ring (bicyclic) bond motifs is 1. The highest BCUT2D eigenvalue weighted by atomic mass is 15.4. The van der Waals surface area contributed by atoms with Crippen molar-refractivity contribution < 1.29 is 0 Å². The molecule has 0 aliphatic carbocycles. The summed E-state index contributed by atoms with van der Waals surface area (Å²) in [4.78, 5) is 4.24. The average molecular weight is 290 g/mol. The van der Waals surface area contributed by atoms with E-state index in [4.69, 9.17) is 5.73 Å². The summed E-state index contributed by atoms with van der Waals surface area (Å²) in [5.41, 5.74) is 8.47. The lowest BCUT2D eigenvalue weighted by molar-refractivity contribution is 0.764. The van der Waals surface area contributed by atoms with Crippen molar-refractivity contribution in [2.24, 2.45) is 0 Å². The fourth-order valence-electron chi connectivity index (χ4n) is 2.50. The van der Waals surface area contributed by atoms with E-state index in [2.05, 4.69) is 44.3 Å². The Bertz CT molecular complexity index is 936. The molecule has 0 spiro atoms. The molecular weight excluding hydrogens is 276 g/mol. The van der Waals surface area contributed by atoms with Crippen LogP contribution in [-0.4, -0.2) is 24.5 Å². The number of nitrogens with two attached hydrogens (primary N) is 1. The smallest absolute Gasteiger partial charge is 0.157 e. The van der Waals surface area contributed by atoms with Gasteiger partial charge in [0.25, 0.3) is 0 Å². The van der Waals surface area contributed by atoms with Crippen molar-refractivity contribution in [3.05, 3.63) is 66.7 Å². The quantitative estimate of drug-likeness (QED) is 0.628. The van der Waals surface area contributed by atoms with Gasteiger partial charge in [-0.05, 0) is 23.6 Å². The summed E-state index contributed by atoms with van der Waals surface area (Å²) in [6.07, 6.45) is 5.59. The third-order valence-corrected chi connectivity index (χ3v) is 3.56. The second-order valence-electron chi connectivity index (χ2n) is 5.10. The number of aromatic nitrogens is 5. The molecule has 0 aliphatic heterocycles. The van der Waals surface area contributed by atoms with E-state index >= 15 is 0 Å². The molecule has 22 heavy (non-hydrogen) atoms. The zero-order valence-corrected chi connectivity index (χ0v) is 11.8. The van der Waals surface area contributed by atoms with Crippen molar-refractivity contribution in [3.63, 3.8) is 0 Å². The van der Waals surface area contributed by atoms with Gasteiger partial charge in [0.15, 0.2) is 5.82 Å². The van der Waals surface area contributed by atoms with Gasteiger partial charge in [-0.1, -0.05) is 23.4 Å². The minimum absolute atomic E-state index is 0.651. The Morgan fingerprint density at radius 1 is 1.09 bits per heavy atom. The van der Waals surface area contributed by atoms with E-state index in [1.165, 1.54) is 10.9 Å². The molecule has 6 nitrogen and oxygen atoms in total. The summed E-state index contributed by atoms with van der Waals surface area (Å²) in [7, 11) is 0. The number of para-hydroxylation sites is 1. The molecule has 3 aromatic heterocycles. The maximum atomic E-state index is 5.77. The summed E-state index contributed by atoms with van der Waals surface area (Å²) >= 11 is 0. The number of hydrogen-bond donors (Lipinski definition) is 1. The summed E-state index contributed by atoms with van der Waals surface area (Å²) in [6.45, 7) is 0.663. The van der Waals surface area contributed by atoms with E-state index in [0.717, 1.165) is 5.69 Å². The third-order valence-electron chi connectivity index (χ3n) is 3.56. The molecule has 0 atom stereocenters. The predicted octanol–water partition coefficient (Wildman–Crippen LogP) is 2.25. The van der Waals surface area contributed by atoms with Crippen LogP contribution < -0.4 is 5.73 Å². The van der Waals surface area contributed by atoms with Crippen molar-refractivity contribution in [1.29, 1.82) is 0 Å². The zero-order valence-electron chi connectivity index (χ0n) is 11.8. The van der Waals surface area contributed by atoms with Gasteiger partial charge in [-0.3, -0.25) is 0 Å². The number of rotatable bonds is 3. The van der Waals surface area contributed by atoms with Crippen LogP contribution in [0.3, 0.4) is 0 Å². The van der Waals surface area contributed by atoms with Crippen LogP contribution >= 0.6 is 0 Å². The van der Waals surface area contributed by atoms with Crippen molar-refractivity contribution >= 4 is 16.6 Å². The van der Waals surface area contributed by atoms with Crippen LogP contribution in [0.25, 0.3) is 16.7 Å². The molecule has 0 unspecified atom stereocenters. The van der Waals surface area contributed by atoms with Gasteiger partial charge in [0.1, 0.15) is 5.69 Å². The van der Waals surface area contributed by atoms with Gasteiger partial charge in [-0.2, -0.15) is 0 Å². The van der Waals surface area contributed by atoms with Crippen molar-refractivity contribution in [2.75, 3.05) is 5.73 Å². The maximum absolute atomic E-state index is 5.77. The number of hydrogen-bond acceptors (Lipinski definition) is 4. The molecular formula is C16H14N6. The normalized spacial score (nSPS) is 11.1. The Labute approximate surface area is 126 Å². The first-order valence-electron chi connectivity index (χ1n) is 6.96. The average Bonchev–Trinajstić information content (AvgIpc) is 3.16. The van der Waals surface area contributed by atoms with Gasteiger partial charge in [-0.25, -0.2) is 9.67 Å². The van der Waals surface area contributed by atoms with Crippen LogP contribution in [0.4, 0.5) is 5.69 Å². The molecule has 4 aromatic rings. The summed E-state index contributed by atoms with van der Waals surface area (Å²) < 4.78 is 3.79. The highest BCUT2D eigenvalue weighted by Crippen LogP contribution is 2.16. The molecule has 0 radical (unpaired) electrons. The Morgan fingerprint density at radius 2 is 2.00 bits per heavy atom. The molecule has 0 fully saturated rings. The van der Waals surface area contributed by atoms with Crippen LogP contribution in [0.2, 0.25) is 0 Å². The number of nitrogens with zero attached hydrogens (tertiary/aromatic N) is 5. The fourth-order valence-corrected chi connectivity index (χ4v) is 2.50. The third kappa shape index (κ3) is 2.20. The predicted molar refractivity (Wildman–Crippen MR) is 84.6 cm³/mol. The lowest BCUT2D eigenvalue weighted by atomic mass is 10.2. The largest absolute Gasteiger partial charge is 0.399 e. The van der Waals surface area contributed by atoms with Gasteiger partial charge in [0.05, 0.1) is 12.7 Å². The van der Waals surface area contributed by atoms with E-state index in [0.29, 0.717) is 18.1 Å². The van der Waals surface area contributed by atoms with Gasteiger partial charge < -0.3 is 10.3 Å². The molecule has 0 saturated carbocycles. The first-order chi connectivity index (χ1) is 10.8. The van der Waals surface area contributed by atoms with E-state index in [-0.39, 0.29) is 0 Å². The van der Waals surface area contributed by atoms with Crippen LogP contribution in [0.1, 0.15) is 5.69 Å². The van der Waals surface area contributed by atoms with Crippen molar-refractivity contribution in [2.45, 2.75) is 6.54 Å². The van der Waals surface area contributed by atoms with Crippen molar-refractivity contribution in [1.82, 2.24) is 24.5 Å². The van der Waals surface area contributed by atoms with E-state index in [1.54, 1.807) is 23.0 Å². The van der Waals surface area contributed by atoms with Crippen LogP contribution in [0.15, 0.2) is 61.1 Å². The minimum atomic E-state index is 0.651. The van der Waals surface area contributed by atoms with Gasteiger partial charge in [-0.15, -0.1) is 5.10 Å². The highest BCUT2D eigenvalue weighted by Gasteiger charge is 2.06. The van der Waals surface area contributed by atoms with Gasteiger partial charge >= 0.3 is 0 Å². The SMILES string of the molecule is Nc1ccnc(-n2cc(Cn3ccc4ccccc43)nn2)c1. The molecule has 3 heterocycles. The topological polar surface area (TPSA) is 74.5 Å². The molecule has 108 valence electrons. The molecule has 0 amide bonds.